The lowest BCUT2D eigenvalue weighted by molar-refractivity contribution is 0.0698. The molecule has 2 amide bonds. The highest BCUT2D eigenvalue weighted by Gasteiger charge is 2.27. The lowest BCUT2D eigenvalue weighted by Crippen LogP contribution is -2.51. The molecule has 0 radical (unpaired) electrons. The summed E-state index contributed by atoms with van der Waals surface area (Å²) in [6, 6.07) is 6.89. The molecule has 2 heterocycles. The van der Waals surface area contributed by atoms with Crippen molar-refractivity contribution < 1.29 is 9.59 Å². The van der Waals surface area contributed by atoms with E-state index in [9.17, 15) is 9.59 Å². The first-order chi connectivity index (χ1) is 12.0. The van der Waals surface area contributed by atoms with E-state index in [1.165, 1.54) is 12.4 Å². The van der Waals surface area contributed by atoms with Crippen LogP contribution < -0.4 is 10.6 Å². The number of amides is 2. The van der Waals surface area contributed by atoms with E-state index in [4.69, 9.17) is 11.6 Å². The minimum atomic E-state index is -0.484. The highest BCUT2D eigenvalue weighted by molar-refractivity contribution is 6.30. The molecule has 1 unspecified atom stereocenters. The molecule has 1 aromatic carbocycles. The SMILES string of the molecule is CC1CN(C(=O)c2nccnc2C(=O)Nc2ccc(Cl)cc2)CCN1.Cl. The van der Waals surface area contributed by atoms with Crippen molar-refractivity contribution in [2.24, 2.45) is 0 Å². The van der Waals surface area contributed by atoms with Crippen molar-refractivity contribution in [1.82, 2.24) is 20.2 Å². The molecule has 1 aliphatic heterocycles. The number of carbonyl (C=O) groups is 2. The zero-order chi connectivity index (χ0) is 17.8. The predicted molar refractivity (Wildman–Crippen MR) is 102 cm³/mol. The normalized spacial score (nSPS) is 16.5. The van der Waals surface area contributed by atoms with Gasteiger partial charge in [0.25, 0.3) is 11.8 Å². The van der Waals surface area contributed by atoms with E-state index in [1.54, 1.807) is 29.2 Å². The summed E-state index contributed by atoms with van der Waals surface area (Å²) in [5, 5.41) is 6.55. The average molecular weight is 396 g/mol. The molecule has 3 rings (SSSR count). The van der Waals surface area contributed by atoms with Crippen molar-refractivity contribution in [3.63, 3.8) is 0 Å². The number of benzene rings is 1. The van der Waals surface area contributed by atoms with Crippen molar-refractivity contribution in [2.45, 2.75) is 13.0 Å². The Morgan fingerprint density at radius 2 is 1.85 bits per heavy atom. The van der Waals surface area contributed by atoms with Gasteiger partial charge in [-0.25, -0.2) is 9.97 Å². The molecule has 1 saturated heterocycles. The Balaban J connectivity index is 0.00000243. The monoisotopic (exact) mass is 395 g/mol. The van der Waals surface area contributed by atoms with E-state index in [-0.39, 0.29) is 35.7 Å². The lowest BCUT2D eigenvalue weighted by Gasteiger charge is -2.31. The molecular weight excluding hydrogens is 377 g/mol. The van der Waals surface area contributed by atoms with Crippen LogP contribution in [0, 0.1) is 0 Å². The summed E-state index contributed by atoms with van der Waals surface area (Å²) in [6.07, 6.45) is 2.81. The van der Waals surface area contributed by atoms with E-state index in [0.29, 0.717) is 30.3 Å². The summed E-state index contributed by atoms with van der Waals surface area (Å²) in [5.74, 6) is -0.773. The number of aromatic nitrogens is 2. The lowest BCUT2D eigenvalue weighted by atomic mass is 10.2. The minimum Gasteiger partial charge on any atom is -0.334 e. The molecule has 1 atom stereocenters. The third-order valence-electron chi connectivity index (χ3n) is 3.87. The van der Waals surface area contributed by atoms with Gasteiger partial charge in [0.15, 0.2) is 11.4 Å². The van der Waals surface area contributed by atoms with Crippen molar-refractivity contribution in [3.05, 3.63) is 53.1 Å². The first-order valence-corrected chi connectivity index (χ1v) is 8.33. The predicted octanol–water partition coefficient (Wildman–Crippen LogP) is 2.24. The smallest absolute Gasteiger partial charge is 0.276 e. The first-order valence-electron chi connectivity index (χ1n) is 7.95. The van der Waals surface area contributed by atoms with Crippen molar-refractivity contribution in [1.29, 1.82) is 0 Å². The fourth-order valence-electron chi connectivity index (χ4n) is 2.65. The standard InChI is InChI=1S/C17H18ClN5O2.ClH/c1-11-10-23(9-8-19-11)17(25)15-14(20-6-7-21-15)16(24)22-13-4-2-12(18)3-5-13;/h2-7,11,19H,8-10H2,1H3,(H,22,24);1H. The van der Waals surface area contributed by atoms with Crippen LogP contribution in [0.5, 0.6) is 0 Å². The molecule has 0 saturated carbocycles. The van der Waals surface area contributed by atoms with Crippen LogP contribution in [0.4, 0.5) is 5.69 Å². The van der Waals surface area contributed by atoms with Crippen LogP contribution in [0.1, 0.15) is 27.9 Å². The number of hydrogen-bond acceptors (Lipinski definition) is 5. The number of piperazine rings is 1. The molecule has 1 aliphatic rings. The quantitative estimate of drug-likeness (QED) is 0.831. The summed E-state index contributed by atoms with van der Waals surface area (Å²) in [5.41, 5.74) is 0.631. The van der Waals surface area contributed by atoms with Gasteiger partial charge in [0, 0.05) is 48.8 Å². The van der Waals surface area contributed by atoms with Crippen LogP contribution in [0.2, 0.25) is 5.02 Å². The van der Waals surface area contributed by atoms with Gasteiger partial charge in [0.2, 0.25) is 0 Å². The molecule has 7 nitrogen and oxygen atoms in total. The van der Waals surface area contributed by atoms with Crippen LogP contribution in [-0.4, -0.2) is 52.4 Å². The number of halogens is 2. The Morgan fingerprint density at radius 3 is 2.50 bits per heavy atom. The van der Waals surface area contributed by atoms with E-state index in [2.05, 4.69) is 20.6 Å². The maximum atomic E-state index is 12.8. The fourth-order valence-corrected chi connectivity index (χ4v) is 2.78. The molecule has 0 aliphatic carbocycles. The van der Waals surface area contributed by atoms with Gasteiger partial charge < -0.3 is 15.5 Å². The summed E-state index contributed by atoms with van der Waals surface area (Å²) in [7, 11) is 0. The minimum absolute atomic E-state index is 0. The third kappa shape index (κ3) is 4.69. The molecule has 0 bridgehead atoms. The topological polar surface area (TPSA) is 87.2 Å². The Hall–Kier alpha value is -2.22. The van der Waals surface area contributed by atoms with Crippen LogP contribution in [-0.2, 0) is 0 Å². The molecule has 26 heavy (non-hydrogen) atoms. The molecule has 2 aromatic rings. The van der Waals surface area contributed by atoms with Crippen LogP contribution in [0.15, 0.2) is 36.7 Å². The fraction of sp³-hybridized carbons (Fsp3) is 0.294. The zero-order valence-electron chi connectivity index (χ0n) is 14.1. The number of rotatable bonds is 3. The molecule has 138 valence electrons. The summed E-state index contributed by atoms with van der Waals surface area (Å²) in [4.78, 5) is 35.2. The Labute approximate surface area is 162 Å². The Morgan fingerprint density at radius 1 is 1.19 bits per heavy atom. The Bertz CT molecular complexity index is 785. The van der Waals surface area contributed by atoms with Gasteiger partial charge in [0.05, 0.1) is 0 Å². The van der Waals surface area contributed by atoms with Gasteiger partial charge in [-0.2, -0.15) is 0 Å². The van der Waals surface area contributed by atoms with Crippen LogP contribution in [0.25, 0.3) is 0 Å². The van der Waals surface area contributed by atoms with Crippen molar-refractivity contribution in [2.75, 3.05) is 25.0 Å². The zero-order valence-corrected chi connectivity index (χ0v) is 15.7. The maximum absolute atomic E-state index is 12.8. The number of nitrogens with one attached hydrogen (secondary N) is 2. The number of anilines is 1. The van der Waals surface area contributed by atoms with Crippen LogP contribution >= 0.6 is 24.0 Å². The van der Waals surface area contributed by atoms with Gasteiger partial charge in [-0.15, -0.1) is 12.4 Å². The number of nitrogens with zero attached hydrogens (tertiary/aromatic N) is 3. The van der Waals surface area contributed by atoms with Crippen molar-refractivity contribution in [3.8, 4) is 0 Å². The number of hydrogen-bond donors (Lipinski definition) is 2. The largest absolute Gasteiger partial charge is 0.334 e. The second-order valence-corrected chi connectivity index (χ2v) is 6.26. The summed E-state index contributed by atoms with van der Waals surface area (Å²) >= 11 is 5.84. The van der Waals surface area contributed by atoms with Gasteiger partial charge in [-0.3, -0.25) is 9.59 Å². The first kappa shape index (κ1) is 20.1. The average Bonchev–Trinajstić information content (AvgIpc) is 2.63. The summed E-state index contributed by atoms with van der Waals surface area (Å²) in [6.45, 7) is 3.84. The summed E-state index contributed by atoms with van der Waals surface area (Å²) < 4.78 is 0. The second kappa shape index (κ2) is 8.93. The van der Waals surface area contributed by atoms with Gasteiger partial charge in [0.1, 0.15) is 0 Å². The second-order valence-electron chi connectivity index (χ2n) is 5.82. The molecule has 9 heteroatoms. The molecular formula is C17H19Cl2N5O2. The van der Waals surface area contributed by atoms with Gasteiger partial charge >= 0.3 is 0 Å². The van der Waals surface area contributed by atoms with Gasteiger partial charge in [-0.05, 0) is 31.2 Å². The third-order valence-corrected chi connectivity index (χ3v) is 4.13. The van der Waals surface area contributed by atoms with Crippen LogP contribution in [0.3, 0.4) is 0 Å². The highest BCUT2D eigenvalue weighted by Crippen LogP contribution is 2.15. The highest BCUT2D eigenvalue weighted by atomic mass is 35.5. The molecule has 1 aromatic heterocycles. The van der Waals surface area contributed by atoms with Crippen molar-refractivity contribution >= 4 is 41.5 Å². The van der Waals surface area contributed by atoms with E-state index < -0.39 is 5.91 Å². The maximum Gasteiger partial charge on any atom is 0.276 e. The number of carbonyl (C=O) groups excluding carboxylic acids is 2. The Kier molecular flexibility index (Phi) is 6.90. The van der Waals surface area contributed by atoms with E-state index >= 15 is 0 Å². The molecule has 1 fully saturated rings. The van der Waals surface area contributed by atoms with E-state index in [1.807, 2.05) is 6.92 Å². The van der Waals surface area contributed by atoms with Gasteiger partial charge in [-0.1, -0.05) is 11.6 Å². The molecule has 0 spiro atoms. The van der Waals surface area contributed by atoms with E-state index in [0.717, 1.165) is 0 Å². The molecule has 2 N–H and O–H groups in total.